The molecule has 19 heavy (non-hydrogen) atoms. The molecule has 1 aliphatic rings. The Morgan fingerprint density at radius 2 is 2.21 bits per heavy atom. The van der Waals surface area contributed by atoms with Crippen molar-refractivity contribution in [2.75, 3.05) is 19.7 Å². The minimum absolute atomic E-state index is 0.0564. The third-order valence-corrected chi connectivity index (χ3v) is 3.14. The Kier molecular flexibility index (Phi) is 4.51. The van der Waals surface area contributed by atoms with Crippen molar-refractivity contribution in [1.82, 2.24) is 15.1 Å². The molecule has 0 radical (unpaired) electrons. The van der Waals surface area contributed by atoms with Gasteiger partial charge >= 0.3 is 5.97 Å². The summed E-state index contributed by atoms with van der Waals surface area (Å²) < 4.78 is 5.22. The molecule has 7 heteroatoms. The number of likely N-dealkylation sites (tertiary alicyclic amines) is 1. The van der Waals surface area contributed by atoms with Gasteiger partial charge < -0.3 is 14.7 Å². The normalized spacial score (nSPS) is 16.5. The van der Waals surface area contributed by atoms with E-state index in [0.717, 1.165) is 5.69 Å². The molecule has 0 aromatic carbocycles. The lowest BCUT2D eigenvalue weighted by Gasteiger charge is -2.31. The third kappa shape index (κ3) is 4.06. The van der Waals surface area contributed by atoms with E-state index in [9.17, 15) is 9.59 Å². The number of piperidine rings is 1. The van der Waals surface area contributed by atoms with Crippen LogP contribution in [-0.4, -0.2) is 57.9 Å². The molecule has 1 fully saturated rings. The molecule has 1 aromatic heterocycles. The van der Waals surface area contributed by atoms with Gasteiger partial charge in [0.1, 0.15) is 6.61 Å². The summed E-state index contributed by atoms with van der Waals surface area (Å²) in [4.78, 5) is 24.2. The fourth-order valence-corrected chi connectivity index (χ4v) is 2.12. The second kappa shape index (κ2) is 6.33. The zero-order valence-electron chi connectivity index (χ0n) is 10.5. The van der Waals surface area contributed by atoms with Crippen LogP contribution < -0.4 is 0 Å². The van der Waals surface area contributed by atoms with Crippen molar-refractivity contribution in [2.45, 2.75) is 25.4 Å². The Hall–Kier alpha value is -1.89. The minimum Gasteiger partial charge on any atom is -0.480 e. The largest absolute Gasteiger partial charge is 0.480 e. The summed E-state index contributed by atoms with van der Waals surface area (Å²) in [5, 5.41) is 15.1. The number of H-pyrrole nitrogens is 1. The van der Waals surface area contributed by atoms with Crippen LogP contribution in [0.1, 0.15) is 18.5 Å². The Morgan fingerprint density at radius 3 is 2.79 bits per heavy atom. The van der Waals surface area contributed by atoms with Crippen molar-refractivity contribution in [2.24, 2.45) is 0 Å². The van der Waals surface area contributed by atoms with Gasteiger partial charge in [0.25, 0.3) is 0 Å². The number of aromatic amines is 1. The molecule has 0 unspecified atom stereocenters. The van der Waals surface area contributed by atoms with E-state index in [0.29, 0.717) is 32.4 Å². The highest BCUT2D eigenvalue weighted by molar-refractivity contribution is 5.78. The standard InChI is InChI=1S/C12H17N3O4/c16-11(7-9-1-4-13-14-9)15-5-2-10(3-6-15)19-8-12(17)18/h1,4,10H,2-3,5-8H2,(H,13,14)(H,17,18). The van der Waals surface area contributed by atoms with Gasteiger partial charge in [-0.3, -0.25) is 9.89 Å². The van der Waals surface area contributed by atoms with Gasteiger partial charge in [-0.25, -0.2) is 4.79 Å². The predicted octanol–water partition coefficient (Wildman–Crippen LogP) is 0.0444. The summed E-state index contributed by atoms with van der Waals surface area (Å²) in [5.74, 6) is -0.904. The van der Waals surface area contributed by atoms with Gasteiger partial charge in [-0.1, -0.05) is 0 Å². The highest BCUT2D eigenvalue weighted by Crippen LogP contribution is 2.14. The van der Waals surface area contributed by atoms with Crippen molar-refractivity contribution in [1.29, 1.82) is 0 Å². The molecule has 0 atom stereocenters. The van der Waals surface area contributed by atoms with Crippen LogP contribution in [0, 0.1) is 0 Å². The van der Waals surface area contributed by atoms with Crippen LogP contribution in [0.3, 0.4) is 0 Å². The van der Waals surface area contributed by atoms with Crippen molar-refractivity contribution < 1.29 is 19.4 Å². The van der Waals surface area contributed by atoms with Crippen molar-refractivity contribution in [3.8, 4) is 0 Å². The Balaban J connectivity index is 1.73. The molecule has 1 aromatic rings. The quantitative estimate of drug-likeness (QED) is 0.785. The average Bonchev–Trinajstić information content (AvgIpc) is 2.89. The van der Waals surface area contributed by atoms with E-state index >= 15 is 0 Å². The zero-order valence-corrected chi connectivity index (χ0v) is 10.5. The van der Waals surface area contributed by atoms with E-state index < -0.39 is 5.97 Å². The molecule has 0 spiro atoms. The van der Waals surface area contributed by atoms with E-state index in [2.05, 4.69) is 10.2 Å². The number of rotatable bonds is 5. The monoisotopic (exact) mass is 267 g/mol. The van der Waals surface area contributed by atoms with Gasteiger partial charge in [-0.2, -0.15) is 5.10 Å². The number of carbonyl (C=O) groups excluding carboxylic acids is 1. The molecule has 2 heterocycles. The molecule has 0 saturated carbocycles. The van der Waals surface area contributed by atoms with Crippen LogP contribution in [0.5, 0.6) is 0 Å². The second-order valence-corrected chi connectivity index (χ2v) is 4.54. The van der Waals surface area contributed by atoms with Gasteiger partial charge in [0, 0.05) is 25.0 Å². The van der Waals surface area contributed by atoms with E-state index in [4.69, 9.17) is 9.84 Å². The molecule has 1 saturated heterocycles. The number of aromatic nitrogens is 2. The fourth-order valence-electron chi connectivity index (χ4n) is 2.12. The maximum atomic E-state index is 12.0. The maximum absolute atomic E-state index is 12.0. The number of carbonyl (C=O) groups is 2. The van der Waals surface area contributed by atoms with Gasteiger partial charge in [0.05, 0.1) is 12.5 Å². The van der Waals surface area contributed by atoms with Gasteiger partial charge in [-0.15, -0.1) is 0 Å². The number of ether oxygens (including phenoxy) is 1. The minimum atomic E-state index is -0.960. The molecular weight excluding hydrogens is 250 g/mol. The maximum Gasteiger partial charge on any atom is 0.329 e. The summed E-state index contributed by atoms with van der Waals surface area (Å²) in [7, 11) is 0. The van der Waals surface area contributed by atoms with Gasteiger partial charge in [-0.05, 0) is 18.9 Å². The van der Waals surface area contributed by atoms with Crippen LogP contribution in [-0.2, 0) is 20.7 Å². The SMILES string of the molecule is O=C(O)COC1CCN(C(=O)Cc2ccn[nH]2)CC1. The summed E-state index contributed by atoms with van der Waals surface area (Å²) >= 11 is 0. The molecule has 0 aliphatic carbocycles. The smallest absolute Gasteiger partial charge is 0.329 e. The van der Waals surface area contributed by atoms with Crippen LogP contribution in [0.25, 0.3) is 0 Å². The number of carboxylic acids is 1. The first-order valence-corrected chi connectivity index (χ1v) is 6.24. The summed E-state index contributed by atoms with van der Waals surface area (Å²) in [6, 6.07) is 1.78. The van der Waals surface area contributed by atoms with E-state index in [1.54, 1.807) is 17.2 Å². The zero-order chi connectivity index (χ0) is 13.7. The van der Waals surface area contributed by atoms with Crippen LogP contribution >= 0.6 is 0 Å². The number of amides is 1. The number of hydrogen-bond acceptors (Lipinski definition) is 4. The van der Waals surface area contributed by atoms with Gasteiger partial charge in [0.15, 0.2) is 0 Å². The van der Waals surface area contributed by atoms with Crippen molar-refractivity contribution >= 4 is 11.9 Å². The van der Waals surface area contributed by atoms with Gasteiger partial charge in [0.2, 0.25) is 5.91 Å². The number of nitrogens with one attached hydrogen (secondary N) is 1. The van der Waals surface area contributed by atoms with Crippen LogP contribution in [0.15, 0.2) is 12.3 Å². The van der Waals surface area contributed by atoms with Crippen LogP contribution in [0.2, 0.25) is 0 Å². The summed E-state index contributed by atoms with van der Waals surface area (Å²) in [5.41, 5.74) is 0.800. The van der Waals surface area contributed by atoms with E-state index in [1.807, 2.05) is 0 Å². The lowest BCUT2D eigenvalue weighted by molar-refractivity contribution is -0.146. The van der Waals surface area contributed by atoms with E-state index in [1.165, 1.54) is 0 Å². The molecule has 1 aliphatic heterocycles. The summed E-state index contributed by atoms with van der Waals surface area (Å²) in [6.45, 7) is 0.946. The predicted molar refractivity (Wildman–Crippen MR) is 65.5 cm³/mol. The number of hydrogen-bond donors (Lipinski definition) is 2. The highest BCUT2D eigenvalue weighted by Gasteiger charge is 2.23. The first-order valence-electron chi connectivity index (χ1n) is 6.24. The molecule has 1 amide bonds. The number of aliphatic carboxylic acids is 1. The number of carboxylic acid groups (broad SMARTS) is 1. The molecule has 0 bridgehead atoms. The Labute approximate surface area is 110 Å². The Morgan fingerprint density at radius 1 is 1.47 bits per heavy atom. The molecule has 104 valence electrons. The first kappa shape index (κ1) is 13.5. The summed E-state index contributed by atoms with van der Waals surface area (Å²) in [6.07, 6.45) is 3.24. The lowest BCUT2D eigenvalue weighted by Crippen LogP contribution is -2.42. The molecular formula is C12H17N3O4. The van der Waals surface area contributed by atoms with Crippen molar-refractivity contribution in [3.63, 3.8) is 0 Å². The van der Waals surface area contributed by atoms with Crippen LogP contribution in [0.4, 0.5) is 0 Å². The molecule has 7 nitrogen and oxygen atoms in total. The third-order valence-electron chi connectivity index (χ3n) is 3.14. The average molecular weight is 267 g/mol. The fraction of sp³-hybridized carbons (Fsp3) is 0.583. The first-order chi connectivity index (χ1) is 9.15. The highest BCUT2D eigenvalue weighted by atomic mass is 16.5. The van der Waals surface area contributed by atoms with E-state index in [-0.39, 0.29) is 18.6 Å². The topological polar surface area (TPSA) is 95.5 Å². The second-order valence-electron chi connectivity index (χ2n) is 4.54. The Bertz CT molecular complexity index is 424. The molecule has 2 N–H and O–H groups in total. The lowest BCUT2D eigenvalue weighted by atomic mass is 10.1. The number of nitrogens with zero attached hydrogens (tertiary/aromatic N) is 2. The molecule has 2 rings (SSSR count). The van der Waals surface area contributed by atoms with Crippen molar-refractivity contribution in [3.05, 3.63) is 18.0 Å².